The highest BCUT2D eigenvalue weighted by atomic mass is 16.5. The van der Waals surface area contributed by atoms with Gasteiger partial charge in [0.15, 0.2) is 0 Å². The van der Waals surface area contributed by atoms with Crippen LogP contribution in [0.1, 0.15) is 33.1 Å². The highest BCUT2D eigenvalue weighted by Gasteiger charge is 2.28. The number of aromatic nitrogens is 1. The summed E-state index contributed by atoms with van der Waals surface area (Å²) in [7, 11) is 1.31. The van der Waals surface area contributed by atoms with Crippen molar-refractivity contribution in [3.8, 4) is 11.1 Å². The standard InChI is InChI=1S/C25H22N2O4/c1-30-24(28)23-13-12-17(15-27-23)7-6-14-26-25(29)31-16-22-20-10-4-2-8-18(20)19-9-3-5-11-21(19)22/h2-13,15,22H,14,16H2,1H3,(H,26,29). The first-order valence-corrected chi connectivity index (χ1v) is 9.97. The molecule has 1 aliphatic rings. The van der Waals surface area contributed by atoms with Crippen molar-refractivity contribution >= 4 is 18.1 Å². The number of esters is 1. The number of hydrogen-bond donors (Lipinski definition) is 1. The number of pyridine rings is 1. The molecular weight excluding hydrogens is 392 g/mol. The van der Waals surface area contributed by atoms with Crippen LogP contribution in [0, 0.1) is 0 Å². The molecule has 1 aliphatic carbocycles. The fourth-order valence-electron chi connectivity index (χ4n) is 3.72. The van der Waals surface area contributed by atoms with Crippen LogP contribution in [0.4, 0.5) is 4.79 Å². The summed E-state index contributed by atoms with van der Waals surface area (Å²) >= 11 is 0. The zero-order valence-corrected chi connectivity index (χ0v) is 17.1. The third-order valence-electron chi connectivity index (χ3n) is 5.20. The molecule has 1 N–H and O–H groups in total. The lowest BCUT2D eigenvalue weighted by atomic mass is 9.98. The second-order valence-electron chi connectivity index (χ2n) is 7.08. The van der Waals surface area contributed by atoms with Crippen molar-refractivity contribution < 1.29 is 19.1 Å². The summed E-state index contributed by atoms with van der Waals surface area (Å²) in [5.41, 5.74) is 5.81. The number of fused-ring (bicyclic) bond motifs is 3. The highest BCUT2D eigenvalue weighted by molar-refractivity contribution is 5.87. The molecule has 156 valence electrons. The molecule has 1 heterocycles. The smallest absolute Gasteiger partial charge is 0.407 e. The van der Waals surface area contributed by atoms with E-state index in [4.69, 9.17) is 4.74 Å². The normalized spacial score (nSPS) is 12.3. The Bertz CT molecular complexity index is 1080. The van der Waals surface area contributed by atoms with Crippen LogP contribution in [-0.2, 0) is 9.47 Å². The maximum absolute atomic E-state index is 12.2. The van der Waals surface area contributed by atoms with E-state index in [9.17, 15) is 9.59 Å². The Labute approximate surface area is 180 Å². The van der Waals surface area contributed by atoms with Crippen LogP contribution >= 0.6 is 0 Å². The molecule has 4 rings (SSSR count). The average molecular weight is 414 g/mol. The van der Waals surface area contributed by atoms with Crippen LogP contribution in [0.25, 0.3) is 17.2 Å². The molecule has 31 heavy (non-hydrogen) atoms. The highest BCUT2D eigenvalue weighted by Crippen LogP contribution is 2.44. The molecule has 0 bridgehead atoms. The van der Waals surface area contributed by atoms with Gasteiger partial charge in [-0.25, -0.2) is 14.6 Å². The number of carbonyl (C=O) groups excluding carboxylic acids is 2. The number of benzene rings is 2. The third-order valence-corrected chi connectivity index (χ3v) is 5.20. The number of hydrogen-bond acceptors (Lipinski definition) is 5. The number of rotatable bonds is 6. The molecule has 0 saturated heterocycles. The Morgan fingerprint density at radius 3 is 2.29 bits per heavy atom. The molecule has 6 heteroatoms. The van der Waals surface area contributed by atoms with E-state index in [-0.39, 0.29) is 18.2 Å². The van der Waals surface area contributed by atoms with E-state index in [1.807, 2.05) is 24.3 Å². The van der Waals surface area contributed by atoms with E-state index >= 15 is 0 Å². The van der Waals surface area contributed by atoms with Gasteiger partial charge in [-0.05, 0) is 33.9 Å². The van der Waals surface area contributed by atoms with Gasteiger partial charge >= 0.3 is 12.1 Å². The van der Waals surface area contributed by atoms with E-state index in [0.717, 1.165) is 5.56 Å². The van der Waals surface area contributed by atoms with Gasteiger partial charge in [0.25, 0.3) is 0 Å². The molecule has 0 atom stereocenters. The Balaban J connectivity index is 1.29. The van der Waals surface area contributed by atoms with Gasteiger partial charge < -0.3 is 14.8 Å². The van der Waals surface area contributed by atoms with E-state index in [2.05, 4.69) is 39.3 Å². The van der Waals surface area contributed by atoms with Gasteiger partial charge in [0.1, 0.15) is 12.3 Å². The monoisotopic (exact) mass is 414 g/mol. The van der Waals surface area contributed by atoms with E-state index < -0.39 is 12.1 Å². The van der Waals surface area contributed by atoms with Crippen molar-refractivity contribution in [3.05, 3.63) is 95.3 Å². The number of nitrogens with one attached hydrogen (secondary N) is 1. The van der Waals surface area contributed by atoms with Crippen molar-refractivity contribution in [2.75, 3.05) is 20.3 Å². The SMILES string of the molecule is COC(=O)c1ccc(C=CCNC(=O)OCC2c3ccccc3-c3ccccc32)cn1. The number of carbonyl (C=O) groups is 2. The summed E-state index contributed by atoms with van der Waals surface area (Å²) in [4.78, 5) is 27.6. The minimum Gasteiger partial charge on any atom is -0.464 e. The van der Waals surface area contributed by atoms with Crippen molar-refractivity contribution in [1.82, 2.24) is 10.3 Å². The molecular formula is C25H22N2O4. The van der Waals surface area contributed by atoms with Gasteiger partial charge in [-0.1, -0.05) is 66.7 Å². The summed E-state index contributed by atoms with van der Waals surface area (Å²) < 4.78 is 10.1. The molecule has 6 nitrogen and oxygen atoms in total. The van der Waals surface area contributed by atoms with Crippen molar-refractivity contribution in [2.45, 2.75) is 5.92 Å². The summed E-state index contributed by atoms with van der Waals surface area (Å²) in [6.45, 7) is 0.595. The predicted molar refractivity (Wildman–Crippen MR) is 118 cm³/mol. The minimum absolute atomic E-state index is 0.0353. The van der Waals surface area contributed by atoms with Gasteiger partial charge in [-0.3, -0.25) is 0 Å². The molecule has 0 aliphatic heterocycles. The second kappa shape index (κ2) is 9.26. The number of alkyl carbamates (subject to hydrolysis) is 1. The maximum Gasteiger partial charge on any atom is 0.407 e. The van der Waals surface area contributed by atoms with Gasteiger partial charge in [0.05, 0.1) is 7.11 Å². The van der Waals surface area contributed by atoms with Gasteiger partial charge in [-0.15, -0.1) is 0 Å². The van der Waals surface area contributed by atoms with Gasteiger partial charge in [0, 0.05) is 18.7 Å². The molecule has 1 aromatic heterocycles. The number of amides is 1. The summed E-state index contributed by atoms with van der Waals surface area (Å²) in [5.74, 6) is -0.444. The largest absolute Gasteiger partial charge is 0.464 e. The van der Waals surface area contributed by atoms with Crippen LogP contribution in [0.5, 0.6) is 0 Å². The molecule has 3 aromatic rings. The van der Waals surface area contributed by atoms with Crippen LogP contribution in [0.3, 0.4) is 0 Å². The Kier molecular flexibility index (Phi) is 6.08. The van der Waals surface area contributed by atoms with Crippen LogP contribution in [-0.4, -0.2) is 37.3 Å². The second-order valence-corrected chi connectivity index (χ2v) is 7.08. The lowest BCUT2D eigenvalue weighted by Gasteiger charge is -2.14. The maximum atomic E-state index is 12.2. The molecule has 0 radical (unpaired) electrons. The Morgan fingerprint density at radius 1 is 1.00 bits per heavy atom. The fraction of sp³-hybridized carbons (Fsp3) is 0.160. The van der Waals surface area contributed by atoms with Crippen molar-refractivity contribution in [1.29, 1.82) is 0 Å². The molecule has 0 saturated carbocycles. The van der Waals surface area contributed by atoms with Crippen molar-refractivity contribution in [3.63, 3.8) is 0 Å². The first-order valence-electron chi connectivity index (χ1n) is 9.97. The summed E-state index contributed by atoms with van der Waals surface area (Å²) in [6.07, 6.45) is 4.69. The third kappa shape index (κ3) is 4.48. The van der Waals surface area contributed by atoms with Crippen LogP contribution < -0.4 is 5.32 Å². The van der Waals surface area contributed by atoms with Crippen LogP contribution in [0.15, 0.2) is 72.9 Å². The number of methoxy groups -OCH3 is 1. The van der Waals surface area contributed by atoms with Crippen molar-refractivity contribution in [2.24, 2.45) is 0 Å². The average Bonchev–Trinajstić information content (AvgIpc) is 3.14. The molecule has 0 unspecified atom stereocenters. The first-order chi connectivity index (χ1) is 15.2. The zero-order chi connectivity index (χ0) is 21.6. The molecule has 0 fully saturated rings. The van der Waals surface area contributed by atoms with E-state index in [1.54, 1.807) is 30.5 Å². The molecule has 1 amide bonds. The van der Waals surface area contributed by atoms with Gasteiger partial charge in [0.2, 0.25) is 0 Å². The van der Waals surface area contributed by atoms with E-state index in [0.29, 0.717) is 6.54 Å². The number of nitrogens with zero attached hydrogens (tertiary/aromatic N) is 1. The lowest BCUT2D eigenvalue weighted by molar-refractivity contribution is 0.0594. The topological polar surface area (TPSA) is 77.5 Å². The van der Waals surface area contributed by atoms with Crippen LogP contribution in [0.2, 0.25) is 0 Å². The Morgan fingerprint density at radius 2 is 1.68 bits per heavy atom. The van der Waals surface area contributed by atoms with E-state index in [1.165, 1.54) is 29.4 Å². The number of ether oxygens (including phenoxy) is 2. The first kappa shape index (κ1) is 20.3. The molecule has 0 spiro atoms. The van der Waals surface area contributed by atoms with Gasteiger partial charge in [-0.2, -0.15) is 0 Å². The lowest BCUT2D eigenvalue weighted by Crippen LogP contribution is -2.26. The zero-order valence-electron chi connectivity index (χ0n) is 17.1. The molecule has 2 aromatic carbocycles. The summed E-state index contributed by atoms with van der Waals surface area (Å²) in [5, 5.41) is 2.72. The minimum atomic E-state index is -0.479. The Hall–Kier alpha value is -3.93. The fourth-order valence-corrected chi connectivity index (χ4v) is 3.72. The summed E-state index contributed by atoms with van der Waals surface area (Å²) in [6, 6.07) is 19.8. The quantitative estimate of drug-likeness (QED) is 0.604. The predicted octanol–water partition coefficient (Wildman–Crippen LogP) is 4.42.